The predicted octanol–water partition coefficient (Wildman–Crippen LogP) is 5.07. The molecule has 2 nitrogen and oxygen atoms in total. The van der Waals surface area contributed by atoms with Crippen molar-refractivity contribution in [3.8, 4) is 0 Å². The minimum Gasteiger partial charge on any atom is -0.389 e. The molecule has 1 fully saturated rings. The Morgan fingerprint density at radius 2 is 1.33 bits per heavy atom. The van der Waals surface area contributed by atoms with Crippen LogP contribution in [-0.4, -0.2) is 10.7 Å². The van der Waals surface area contributed by atoms with Gasteiger partial charge in [-0.15, -0.1) is 0 Å². The Labute approximate surface area is 161 Å². The molecule has 0 radical (unpaired) electrons. The zero-order valence-electron chi connectivity index (χ0n) is 15.8. The molecule has 0 bridgehead atoms. The number of rotatable bonds is 4. The zero-order chi connectivity index (χ0) is 18.7. The van der Waals surface area contributed by atoms with Crippen LogP contribution in [-0.2, 0) is 6.42 Å². The van der Waals surface area contributed by atoms with Crippen LogP contribution in [0.5, 0.6) is 0 Å². The van der Waals surface area contributed by atoms with Crippen LogP contribution < -0.4 is 5.32 Å². The van der Waals surface area contributed by atoms with Crippen LogP contribution >= 0.6 is 0 Å². The van der Waals surface area contributed by atoms with Crippen molar-refractivity contribution in [2.45, 2.75) is 37.5 Å². The summed E-state index contributed by atoms with van der Waals surface area (Å²) in [7, 11) is 0. The van der Waals surface area contributed by atoms with Gasteiger partial charge in [-0.1, -0.05) is 97.9 Å². The van der Waals surface area contributed by atoms with Gasteiger partial charge in [-0.05, 0) is 23.1 Å². The fourth-order valence-corrected chi connectivity index (χ4v) is 4.40. The summed E-state index contributed by atoms with van der Waals surface area (Å²) >= 11 is 0. The minimum atomic E-state index is -0.770. The molecule has 1 heterocycles. The molecular weight excluding hydrogens is 330 g/mol. The third-order valence-corrected chi connectivity index (χ3v) is 6.00. The monoisotopic (exact) mass is 357 g/mol. The van der Waals surface area contributed by atoms with Crippen LogP contribution in [0.25, 0.3) is 0 Å². The highest BCUT2D eigenvalue weighted by atomic mass is 16.3. The summed E-state index contributed by atoms with van der Waals surface area (Å²) in [6.07, 6.45) is 1.37. The van der Waals surface area contributed by atoms with Crippen molar-refractivity contribution in [3.05, 3.63) is 108 Å². The number of hydrogen-bond donors (Lipinski definition) is 2. The van der Waals surface area contributed by atoms with E-state index in [0.717, 1.165) is 0 Å². The number of piperidine rings is 1. The molecule has 3 aromatic carbocycles. The Balaban J connectivity index is 1.70. The first-order valence-corrected chi connectivity index (χ1v) is 9.78. The van der Waals surface area contributed by atoms with Crippen LogP contribution in [0.1, 0.15) is 42.1 Å². The smallest absolute Gasteiger partial charge is 0.0749 e. The Kier molecular flexibility index (Phi) is 5.11. The molecular formula is C25H27NO. The summed E-state index contributed by atoms with van der Waals surface area (Å²) < 4.78 is 0. The highest BCUT2D eigenvalue weighted by molar-refractivity contribution is 5.28. The molecule has 0 amide bonds. The number of nitrogens with one attached hydrogen (secondary N) is 1. The van der Waals surface area contributed by atoms with Gasteiger partial charge in [0.1, 0.15) is 0 Å². The van der Waals surface area contributed by atoms with E-state index in [1.54, 1.807) is 0 Å². The minimum absolute atomic E-state index is 0.0973. The van der Waals surface area contributed by atoms with Gasteiger partial charge in [0.25, 0.3) is 0 Å². The molecule has 0 saturated carbocycles. The molecule has 1 saturated heterocycles. The van der Waals surface area contributed by atoms with E-state index in [9.17, 15) is 5.11 Å². The van der Waals surface area contributed by atoms with Gasteiger partial charge in [0.2, 0.25) is 0 Å². The van der Waals surface area contributed by atoms with Gasteiger partial charge in [-0.25, -0.2) is 0 Å². The van der Waals surface area contributed by atoms with Gasteiger partial charge >= 0.3 is 0 Å². The first-order chi connectivity index (χ1) is 13.2. The number of hydrogen-bond acceptors (Lipinski definition) is 2. The van der Waals surface area contributed by atoms with Gasteiger partial charge in [-0.3, -0.25) is 0 Å². The number of aliphatic hydroxyl groups is 1. The second-order valence-electron chi connectivity index (χ2n) is 7.78. The van der Waals surface area contributed by atoms with E-state index < -0.39 is 5.60 Å². The lowest BCUT2D eigenvalue weighted by Gasteiger charge is -2.48. The molecule has 1 aliphatic rings. The second-order valence-corrected chi connectivity index (χ2v) is 7.78. The maximum atomic E-state index is 11.8. The molecule has 2 N–H and O–H groups in total. The summed E-state index contributed by atoms with van der Waals surface area (Å²) in [5.74, 6) is 0.0973. The average molecular weight is 357 g/mol. The van der Waals surface area contributed by atoms with Crippen molar-refractivity contribution in [1.82, 2.24) is 5.32 Å². The van der Waals surface area contributed by atoms with E-state index in [1.165, 1.54) is 16.7 Å². The van der Waals surface area contributed by atoms with E-state index in [4.69, 9.17) is 0 Å². The average Bonchev–Trinajstić information content (AvgIpc) is 2.72. The highest BCUT2D eigenvalue weighted by Gasteiger charge is 2.45. The highest BCUT2D eigenvalue weighted by Crippen LogP contribution is 2.44. The summed E-state index contributed by atoms with van der Waals surface area (Å²) in [6, 6.07) is 31.6. The molecule has 0 aliphatic carbocycles. The molecule has 4 rings (SSSR count). The molecule has 138 valence electrons. The maximum absolute atomic E-state index is 11.8. The summed E-state index contributed by atoms with van der Waals surface area (Å²) in [5, 5.41) is 15.6. The molecule has 3 aromatic rings. The van der Waals surface area contributed by atoms with Gasteiger partial charge in [0, 0.05) is 24.4 Å². The Hall–Kier alpha value is -2.42. The summed E-state index contributed by atoms with van der Waals surface area (Å²) in [4.78, 5) is 0. The predicted molar refractivity (Wildman–Crippen MR) is 110 cm³/mol. The van der Waals surface area contributed by atoms with Crippen molar-refractivity contribution in [2.75, 3.05) is 0 Å². The largest absolute Gasteiger partial charge is 0.389 e. The third-order valence-electron chi connectivity index (χ3n) is 6.00. The number of benzene rings is 3. The van der Waals surface area contributed by atoms with E-state index in [-0.39, 0.29) is 18.0 Å². The van der Waals surface area contributed by atoms with Crippen LogP contribution in [0.15, 0.2) is 91.0 Å². The lowest BCUT2D eigenvalue weighted by atomic mass is 9.69. The van der Waals surface area contributed by atoms with E-state index in [2.05, 4.69) is 72.9 Å². The van der Waals surface area contributed by atoms with Crippen molar-refractivity contribution in [3.63, 3.8) is 0 Å². The Bertz CT molecular complexity index is 849. The molecule has 0 spiro atoms. The quantitative estimate of drug-likeness (QED) is 0.683. The Morgan fingerprint density at radius 3 is 1.93 bits per heavy atom. The third kappa shape index (κ3) is 3.83. The van der Waals surface area contributed by atoms with Crippen molar-refractivity contribution in [2.24, 2.45) is 5.92 Å². The van der Waals surface area contributed by atoms with Gasteiger partial charge in [-0.2, -0.15) is 0 Å². The summed E-state index contributed by atoms with van der Waals surface area (Å²) in [6.45, 7) is 2.18. The second kappa shape index (κ2) is 7.67. The first-order valence-electron chi connectivity index (χ1n) is 9.78. The molecule has 27 heavy (non-hydrogen) atoms. The molecule has 2 heteroatoms. The zero-order valence-corrected chi connectivity index (χ0v) is 15.8. The molecule has 1 aliphatic heterocycles. The molecule has 4 atom stereocenters. The first kappa shape index (κ1) is 18.0. The van der Waals surface area contributed by atoms with Crippen molar-refractivity contribution < 1.29 is 5.11 Å². The van der Waals surface area contributed by atoms with Crippen LogP contribution in [0.2, 0.25) is 0 Å². The van der Waals surface area contributed by atoms with E-state index in [1.807, 2.05) is 30.3 Å². The Morgan fingerprint density at radius 1 is 0.815 bits per heavy atom. The fraction of sp³-hybridized carbons (Fsp3) is 0.280. The topological polar surface area (TPSA) is 32.3 Å². The fourth-order valence-electron chi connectivity index (χ4n) is 4.40. The lowest BCUT2D eigenvalue weighted by molar-refractivity contribution is -0.0674. The van der Waals surface area contributed by atoms with E-state index >= 15 is 0 Å². The summed E-state index contributed by atoms with van der Waals surface area (Å²) in [5.41, 5.74) is 2.88. The normalized spacial score (nSPS) is 28.0. The standard InChI is InChI=1S/C25H27NO/c1-19-24(22-15-9-4-10-16-22)26-23(21-13-7-3-8-14-21)18-25(19,27)17-20-11-5-2-6-12-20/h2-16,19,23-24,26-27H,17-18H2,1H3/t19-,23-,24+,25-/m0/s1. The van der Waals surface area contributed by atoms with Gasteiger partial charge in [0.05, 0.1) is 5.60 Å². The van der Waals surface area contributed by atoms with Crippen molar-refractivity contribution in [1.29, 1.82) is 0 Å². The van der Waals surface area contributed by atoms with Gasteiger partial charge in [0.15, 0.2) is 0 Å². The van der Waals surface area contributed by atoms with E-state index in [0.29, 0.717) is 12.8 Å². The molecule has 0 aromatic heterocycles. The maximum Gasteiger partial charge on any atom is 0.0749 e. The lowest BCUT2D eigenvalue weighted by Crippen LogP contribution is -2.53. The molecule has 0 unspecified atom stereocenters. The van der Waals surface area contributed by atoms with Crippen LogP contribution in [0.3, 0.4) is 0 Å². The van der Waals surface area contributed by atoms with Gasteiger partial charge < -0.3 is 10.4 Å². The van der Waals surface area contributed by atoms with Crippen molar-refractivity contribution >= 4 is 0 Å². The van der Waals surface area contributed by atoms with Crippen LogP contribution in [0.4, 0.5) is 0 Å². The van der Waals surface area contributed by atoms with Crippen LogP contribution in [0, 0.1) is 5.92 Å². The SMILES string of the molecule is C[C@H]1[C@H](c2ccccc2)N[C@H](c2ccccc2)C[C@@]1(O)Cc1ccccc1.